The molecule has 21 heavy (non-hydrogen) atoms. The molecule has 0 aliphatic rings. The predicted molar refractivity (Wildman–Crippen MR) is 84.7 cm³/mol. The van der Waals surface area contributed by atoms with Crippen molar-refractivity contribution in [2.24, 2.45) is 0 Å². The lowest BCUT2D eigenvalue weighted by Gasteiger charge is -2.15. The normalized spacial score (nSPS) is 10.9. The zero-order valence-corrected chi connectivity index (χ0v) is 13.9. The Labute approximate surface area is 132 Å². The van der Waals surface area contributed by atoms with E-state index in [2.05, 4.69) is 22.9 Å². The van der Waals surface area contributed by atoms with E-state index in [0.717, 1.165) is 28.3 Å². The lowest BCUT2D eigenvalue weighted by Crippen LogP contribution is -2.02. The Morgan fingerprint density at radius 1 is 1.19 bits per heavy atom. The summed E-state index contributed by atoms with van der Waals surface area (Å²) in [5.41, 5.74) is 1.12. The first-order chi connectivity index (χ1) is 10.1. The molecule has 0 saturated carbocycles. The molecule has 114 valence electrons. The summed E-state index contributed by atoms with van der Waals surface area (Å²) < 4.78 is 30.5. The number of fused-ring (bicyclic) bond motifs is 1. The standard InChI is InChI=1S/C16H18BrFO3/c1-4-5-10-6-11-7-14(20-3)13(18)8-12(11)16(15(10)17)21-9-19-2/h6-8H,4-5,9H2,1-3H3. The van der Waals surface area contributed by atoms with Gasteiger partial charge in [0.2, 0.25) is 0 Å². The van der Waals surface area contributed by atoms with Crippen LogP contribution in [0.3, 0.4) is 0 Å². The van der Waals surface area contributed by atoms with Gasteiger partial charge in [0.1, 0.15) is 5.75 Å². The fraction of sp³-hybridized carbons (Fsp3) is 0.375. The quantitative estimate of drug-likeness (QED) is 0.703. The van der Waals surface area contributed by atoms with Crippen molar-refractivity contribution in [2.75, 3.05) is 21.0 Å². The first kappa shape index (κ1) is 16.0. The van der Waals surface area contributed by atoms with Gasteiger partial charge in [0, 0.05) is 12.5 Å². The van der Waals surface area contributed by atoms with E-state index in [0.29, 0.717) is 11.1 Å². The van der Waals surface area contributed by atoms with Gasteiger partial charge in [0.25, 0.3) is 0 Å². The first-order valence-corrected chi connectivity index (χ1v) is 7.52. The van der Waals surface area contributed by atoms with E-state index >= 15 is 0 Å². The third-order valence-electron chi connectivity index (χ3n) is 3.22. The van der Waals surface area contributed by atoms with E-state index in [1.165, 1.54) is 13.2 Å². The molecule has 0 aliphatic heterocycles. The SMILES string of the molecule is CCCc1cc2cc(OC)c(F)cc2c(OCOC)c1Br. The fourth-order valence-electron chi connectivity index (χ4n) is 2.27. The number of rotatable bonds is 6. The highest BCUT2D eigenvalue weighted by Crippen LogP contribution is 2.39. The molecule has 3 nitrogen and oxygen atoms in total. The van der Waals surface area contributed by atoms with Gasteiger partial charge in [0.15, 0.2) is 18.4 Å². The minimum absolute atomic E-state index is 0.108. The van der Waals surface area contributed by atoms with Crippen molar-refractivity contribution < 1.29 is 18.6 Å². The number of benzene rings is 2. The van der Waals surface area contributed by atoms with Crippen LogP contribution < -0.4 is 9.47 Å². The van der Waals surface area contributed by atoms with Crippen molar-refractivity contribution in [3.8, 4) is 11.5 Å². The maximum absolute atomic E-state index is 14.0. The van der Waals surface area contributed by atoms with Crippen LogP contribution in [0.15, 0.2) is 22.7 Å². The average Bonchev–Trinajstić information content (AvgIpc) is 2.48. The van der Waals surface area contributed by atoms with Crippen molar-refractivity contribution in [3.05, 3.63) is 34.1 Å². The molecule has 2 rings (SSSR count). The van der Waals surface area contributed by atoms with E-state index in [-0.39, 0.29) is 12.5 Å². The van der Waals surface area contributed by atoms with Gasteiger partial charge in [-0.05, 0) is 51.5 Å². The van der Waals surface area contributed by atoms with Gasteiger partial charge in [-0.1, -0.05) is 13.3 Å². The minimum Gasteiger partial charge on any atom is -0.494 e. The second-order valence-corrected chi connectivity index (χ2v) is 5.48. The second kappa shape index (κ2) is 7.09. The largest absolute Gasteiger partial charge is 0.494 e. The van der Waals surface area contributed by atoms with Crippen LogP contribution in [0.25, 0.3) is 10.8 Å². The number of aryl methyl sites for hydroxylation is 1. The molecule has 0 amide bonds. The number of methoxy groups -OCH3 is 2. The van der Waals surface area contributed by atoms with Crippen LogP contribution in [-0.2, 0) is 11.2 Å². The monoisotopic (exact) mass is 356 g/mol. The van der Waals surface area contributed by atoms with E-state index in [9.17, 15) is 4.39 Å². The minimum atomic E-state index is -0.414. The van der Waals surface area contributed by atoms with Crippen LogP contribution in [0.4, 0.5) is 4.39 Å². The Kier molecular flexibility index (Phi) is 5.42. The molecule has 2 aromatic rings. The lowest BCUT2D eigenvalue weighted by molar-refractivity contribution is 0.0516. The zero-order valence-electron chi connectivity index (χ0n) is 12.3. The summed E-state index contributed by atoms with van der Waals surface area (Å²) >= 11 is 3.56. The number of halogens is 2. The predicted octanol–water partition coefficient (Wildman–Crippen LogP) is 4.69. The Morgan fingerprint density at radius 2 is 1.95 bits per heavy atom. The molecule has 0 radical (unpaired) electrons. The molecule has 0 fully saturated rings. The van der Waals surface area contributed by atoms with Crippen LogP contribution >= 0.6 is 15.9 Å². The second-order valence-electron chi connectivity index (χ2n) is 4.69. The smallest absolute Gasteiger partial charge is 0.188 e. The van der Waals surface area contributed by atoms with Crippen LogP contribution in [0.2, 0.25) is 0 Å². The molecule has 0 N–H and O–H groups in total. The highest BCUT2D eigenvalue weighted by atomic mass is 79.9. The summed E-state index contributed by atoms with van der Waals surface area (Å²) in [4.78, 5) is 0. The van der Waals surface area contributed by atoms with Gasteiger partial charge in [0.05, 0.1) is 11.6 Å². The molecular weight excluding hydrogens is 339 g/mol. The average molecular weight is 357 g/mol. The fourth-order valence-corrected chi connectivity index (χ4v) is 2.91. The zero-order chi connectivity index (χ0) is 15.4. The van der Waals surface area contributed by atoms with Crippen molar-refractivity contribution in [1.29, 1.82) is 0 Å². The summed E-state index contributed by atoms with van der Waals surface area (Å²) in [6.45, 7) is 2.22. The van der Waals surface area contributed by atoms with Crippen molar-refractivity contribution in [1.82, 2.24) is 0 Å². The van der Waals surface area contributed by atoms with Gasteiger partial charge >= 0.3 is 0 Å². The Morgan fingerprint density at radius 3 is 2.57 bits per heavy atom. The third kappa shape index (κ3) is 3.30. The molecule has 0 unspecified atom stereocenters. The molecule has 0 spiro atoms. The molecule has 0 atom stereocenters. The maximum Gasteiger partial charge on any atom is 0.188 e. The molecule has 0 aliphatic carbocycles. The summed E-state index contributed by atoms with van der Waals surface area (Å²) in [6.07, 6.45) is 1.91. The molecule has 5 heteroatoms. The lowest BCUT2D eigenvalue weighted by atomic mass is 10.0. The summed E-state index contributed by atoms with van der Waals surface area (Å²) in [5.74, 6) is 0.409. The third-order valence-corrected chi connectivity index (χ3v) is 4.09. The van der Waals surface area contributed by atoms with Crippen LogP contribution in [0.5, 0.6) is 11.5 Å². The van der Waals surface area contributed by atoms with Crippen molar-refractivity contribution >= 4 is 26.7 Å². The Balaban J connectivity index is 2.68. The van der Waals surface area contributed by atoms with Gasteiger partial charge in [-0.25, -0.2) is 4.39 Å². The topological polar surface area (TPSA) is 27.7 Å². The van der Waals surface area contributed by atoms with Crippen LogP contribution in [0, 0.1) is 5.82 Å². The van der Waals surface area contributed by atoms with Gasteiger partial charge in [-0.2, -0.15) is 0 Å². The summed E-state index contributed by atoms with van der Waals surface area (Å²) in [6, 6.07) is 5.15. The molecule has 0 heterocycles. The molecule has 0 aromatic heterocycles. The Bertz CT molecular complexity index is 643. The summed E-state index contributed by atoms with van der Waals surface area (Å²) in [7, 11) is 3.01. The Hall–Kier alpha value is -1.33. The summed E-state index contributed by atoms with van der Waals surface area (Å²) in [5, 5.41) is 1.57. The molecule has 0 bridgehead atoms. The van der Waals surface area contributed by atoms with Gasteiger partial charge < -0.3 is 14.2 Å². The van der Waals surface area contributed by atoms with E-state index < -0.39 is 5.82 Å². The molecular formula is C16H18BrFO3. The molecule has 0 saturated heterocycles. The highest BCUT2D eigenvalue weighted by Gasteiger charge is 2.15. The first-order valence-electron chi connectivity index (χ1n) is 6.72. The van der Waals surface area contributed by atoms with Crippen molar-refractivity contribution in [2.45, 2.75) is 19.8 Å². The van der Waals surface area contributed by atoms with E-state index in [4.69, 9.17) is 14.2 Å². The number of hydrogen-bond donors (Lipinski definition) is 0. The number of hydrogen-bond acceptors (Lipinski definition) is 3. The van der Waals surface area contributed by atoms with Gasteiger partial charge in [-0.3, -0.25) is 0 Å². The molecule has 2 aromatic carbocycles. The van der Waals surface area contributed by atoms with Gasteiger partial charge in [-0.15, -0.1) is 0 Å². The van der Waals surface area contributed by atoms with Crippen LogP contribution in [-0.4, -0.2) is 21.0 Å². The number of ether oxygens (including phenoxy) is 3. The van der Waals surface area contributed by atoms with Crippen LogP contribution in [0.1, 0.15) is 18.9 Å². The maximum atomic E-state index is 14.0. The van der Waals surface area contributed by atoms with Crippen molar-refractivity contribution in [3.63, 3.8) is 0 Å². The van der Waals surface area contributed by atoms with E-state index in [1.807, 2.05) is 6.07 Å². The highest BCUT2D eigenvalue weighted by molar-refractivity contribution is 9.10. The van der Waals surface area contributed by atoms with E-state index in [1.54, 1.807) is 13.2 Å².